The normalized spacial score (nSPS) is 18.3. The molecule has 0 fully saturated rings. The maximum Gasteiger partial charge on any atom is 0.152 e. The molecule has 0 saturated heterocycles. The lowest BCUT2D eigenvalue weighted by Gasteiger charge is -2.33. The highest BCUT2D eigenvalue weighted by Gasteiger charge is 2.23. The average Bonchev–Trinajstić information content (AvgIpc) is 2.75. The summed E-state index contributed by atoms with van der Waals surface area (Å²) >= 11 is 0. The summed E-state index contributed by atoms with van der Waals surface area (Å²) in [5.74, 6) is 0. The highest BCUT2D eigenvalue weighted by molar-refractivity contribution is 5.83. The van der Waals surface area contributed by atoms with Crippen molar-refractivity contribution in [3.05, 3.63) is 47.7 Å². The van der Waals surface area contributed by atoms with Gasteiger partial charge in [0.2, 0.25) is 0 Å². The zero-order valence-corrected chi connectivity index (χ0v) is 21.0. The van der Waals surface area contributed by atoms with E-state index in [1.54, 1.807) is 7.11 Å². The maximum absolute atomic E-state index is 6.08. The molecule has 0 aromatic heterocycles. The SMILES string of the molecule is C=C(Nc1cc(C)ccc1C1=CC(OC)N(CC(CC)NCC(N)CC)C=N1)C(C)(C)C. The summed E-state index contributed by atoms with van der Waals surface area (Å²) in [6, 6.07) is 6.86. The number of methoxy groups -OCH3 is 1. The van der Waals surface area contributed by atoms with Crippen LogP contribution in [-0.2, 0) is 4.74 Å². The third kappa shape index (κ3) is 7.19. The van der Waals surface area contributed by atoms with Gasteiger partial charge in [-0.25, -0.2) is 4.99 Å². The second-order valence-corrected chi connectivity index (χ2v) is 9.70. The number of hydrogen-bond donors (Lipinski definition) is 3. The van der Waals surface area contributed by atoms with E-state index in [0.717, 1.165) is 48.6 Å². The molecule has 1 aliphatic heterocycles. The zero-order chi connectivity index (χ0) is 23.9. The molecule has 6 nitrogen and oxygen atoms in total. The van der Waals surface area contributed by atoms with Gasteiger partial charge in [-0.1, -0.05) is 53.3 Å². The molecule has 1 aromatic rings. The number of nitrogens with zero attached hydrogens (tertiary/aromatic N) is 2. The van der Waals surface area contributed by atoms with E-state index in [-0.39, 0.29) is 17.7 Å². The summed E-state index contributed by atoms with van der Waals surface area (Å²) in [5, 5.41) is 7.10. The first-order valence-corrected chi connectivity index (χ1v) is 11.7. The van der Waals surface area contributed by atoms with Crippen LogP contribution in [0.1, 0.15) is 58.6 Å². The highest BCUT2D eigenvalue weighted by Crippen LogP contribution is 2.32. The molecule has 178 valence electrons. The Morgan fingerprint density at radius 2 is 2.00 bits per heavy atom. The van der Waals surface area contributed by atoms with Crippen LogP contribution in [0.4, 0.5) is 5.69 Å². The van der Waals surface area contributed by atoms with Crippen molar-refractivity contribution in [3.63, 3.8) is 0 Å². The van der Waals surface area contributed by atoms with Gasteiger partial charge in [0.15, 0.2) is 6.23 Å². The topological polar surface area (TPSA) is 74.9 Å². The van der Waals surface area contributed by atoms with Crippen LogP contribution < -0.4 is 16.4 Å². The molecule has 1 aliphatic rings. The van der Waals surface area contributed by atoms with Crippen molar-refractivity contribution < 1.29 is 4.74 Å². The van der Waals surface area contributed by atoms with E-state index in [0.29, 0.717) is 6.04 Å². The molecule has 0 bridgehead atoms. The molecule has 0 aliphatic carbocycles. The quantitative estimate of drug-likeness (QED) is 0.463. The van der Waals surface area contributed by atoms with E-state index < -0.39 is 0 Å². The number of aliphatic imine (C=N–C) groups is 1. The lowest BCUT2D eigenvalue weighted by Crippen LogP contribution is -2.48. The molecule has 0 amide bonds. The molecule has 32 heavy (non-hydrogen) atoms. The first kappa shape index (κ1) is 26.1. The summed E-state index contributed by atoms with van der Waals surface area (Å²) in [4.78, 5) is 6.93. The Balaban J connectivity index is 2.21. The van der Waals surface area contributed by atoms with Gasteiger partial charge in [-0.05, 0) is 37.5 Å². The van der Waals surface area contributed by atoms with Crippen LogP contribution >= 0.6 is 0 Å². The van der Waals surface area contributed by atoms with Gasteiger partial charge in [0.1, 0.15) is 0 Å². The lowest BCUT2D eigenvalue weighted by atomic mass is 9.92. The van der Waals surface area contributed by atoms with Gasteiger partial charge in [-0.15, -0.1) is 0 Å². The zero-order valence-electron chi connectivity index (χ0n) is 21.0. The third-order valence-electron chi connectivity index (χ3n) is 5.97. The Kier molecular flexibility index (Phi) is 9.49. The second-order valence-electron chi connectivity index (χ2n) is 9.70. The van der Waals surface area contributed by atoms with Gasteiger partial charge < -0.3 is 26.0 Å². The largest absolute Gasteiger partial charge is 0.358 e. The Hall–Kier alpha value is -2.15. The summed E-state index contributed by atoms with van der Waals surface area (Å²) in [7, 11) is 1.74. The van der Waals surface area contributed by atoms with Gasteiger partial charge in [-0.2, -0.15) is 0 Å². The number of allylic oxidation sites excluding steroid dienone is 1. The minimum absolute atomic E-state index is 0.0421. The number of anilines is 1. The van der Waals surface area contributed by atoms with Gasteiger partial charge in [-0.3, -0.25) is 0 Å². The number of nitrogens with two attached hydrogens (primary N) is 1. The van der Waals surface area contributed by atoms with Gasteiger partial charge in [0.05, 0.1) is 12.0 Å². The van der Waals surface area contributed by atoms with Crippen molar-refractivity contribution >= 4 is 17.7 Å². The van der Waals surface area contributed by atoms with Crippen LogP contribution in [0.2, 0.25) is 0 Å². The molecule has 0 saturated carbocycles. The van der Waals surface area contributed by atoms with E-state index in [9.17, 15) is 0 Å². The molecule has 4 N–H and O–H groups in total. The minimum Gasteiger partial charge on any atom is -0.358 e. The highest BCUT2D eigenvalue weighted by atomic mass is 16.5. The molecule has 6 heteroatoms. The van der Waals surface area contributed by atoms with Crippen molar-refractivity contribution in [1.82, 2.24) is 10.2 Å². The smallest absolute Gasteiger partial charge is 0.152 e. The molecular formula is C26H43N5O. The van der Waals surface area contributed by atoms with Gasteiger partial charge in [0, 0.05) is 54.6 Å². The molecule has 0 radical (unpaired) electrons. The first-order chi connectivity index (χ1) is 15.1. The monoisotopic (exact) mass is 441 g/mol. The Bertz CT molecular complexity index is 824. The average molecular weight is 442 g/mol. The van der Waals surface area contributed by atoms with E-state index >= 15 is 0 Å². The van der Waals surface area contributed by atoms with Crippen LogP contribution in [0.3, 0.4) is 0 Å². The number of benzene rings is 1. The number of nitrogens with one attached hydrogen (secondary N) is 2. The van der Waals surface area contributed by atoms with Crippen molar-refractivity contribution in [2.75, 3.05) is 25.5 Å². The molecule has 1 aromatic carbocycles. The van der Waals surface area contributed by atoms with Crippen molar-refractivity contribution in [2.24, 2.45) is 16.1 Å². The predicted octanol–water partition coefficient (Wildman–Crippen LogP) is 4.73. The molecule has 3 atom stereocenters. The van der Waals surface area contributed by atoms with Crippen LogP contribution in [0.15, 0.2) is 41.5 Å². The number of ether oxygens (including phenoxy) is 1. The molecule has 2 rings (SSSR count). The number of aryl methyl sites for hydroxylation is 1. The molecular weight excluding hydrogens is 398 g/mol. The van der Waals surface area contributed by atoms with Gasteiger partial charge >= 0.3 is 0 Å². The Morgan fingerprint density at radius 1 is 1.28 bits per heavy atom. The summed E-state index contributed by atoms with van der Waals surface area (Å²) < 4.78 is 5.81. The fourth-order valence-electron chi connectivity index (χ4n) is 3.38. The number of rotatable bonds is 11. The fraction of sp³-hybridized carbons (Fsp3) is 0.577. The summed E-state index contributed by atoms with van der Waals surface area (Å²) in [5.41, 5.74) is 11.1. The van der Waals surface area contributed by atoms with E-state index in [1.165, 1.54) is 5.56 Å². The number of hydrogen-bond acceptors (Lipinski definition) is 6. The predicted molar refractivity (Wildman–Crippen MR) is 138 cm³/mol. The van der Waals surface area contributed by atoms with E-state index in [4.69, 9.17) is 15.5 Å². The lowest BCUT2D eigenvalue weighted by molar-refractivity contribution is 0.0417. The third-order valence-corrected chi connectivity index (χ3v) is 5.97. The van der Waals surface area contributed by atoms with Gasteiger partial charge in [0.25, 0.3) is 0 Å². The first-order valence-electron chi connectivity index (χ1n) is 11.7. The maximum atomic E-state index is 6.08. The van der Waals surface area contributed by atoms with Crippen LogP contribution in [0.25, 0.3) is 5.70 Å². The van der Waals surface area contributed by atoms with Crippen molar-refractivity contribution in [3.8, 4) is 0 Å². The molecule has 1 heterocycles. The van der Waals surface area contributed by atoms with Crippen molar-refractivity contribution in [1.29, 1.82) is 0 Å². The standard InChI is InChI=1S/C26H43N5O/c1-9-20(27)15-28-21(10-2)16-31-17-29-23(14-25(31)32-8)22-12-11-18(3)13-24(22)30-19(4)26(5,6)7/h11-14,17,20-21,25,28,30H,4,9-10,15-16,27H2,1-3,5-8H3. The summed E-state index contributed by atoms with van der Waals surface area (Å²) in [6.07, 6.45) is 5.78. The minimum atomic E-state index is -0.182. The van der Waals surface area contributed by atoms with Crippen LogP contribution in [0, 0.1) is 12.3 Å². The Morgan fingerprint density at radius 3 is 2.59 bits per heavy atom. The van der Waals surface area contributed by atoms with E-state index in [2.05, 4.69) is 87.9 Å². The summed E-state index contributed by atoms with van der Waals surface area (Å²) in [6.45, 7) is 18.7. The van der Waals surface area contributed by atoms with Crippen LogP contribution in [-0.4, -0.2) is 49.7 Å². The second kappa shape index (κ2) is 11.6. The molecule has 3 unspecified atom stereocenters. The van der Waals surface area contributed by atoms with E-state index in [1.807, 2.05) is 6.34 Å². The fourth-order valence-corrected chi connectivity index (χ4v) is 3.38. The van der Waals surface area contributed by atoms with Crippen molar-refractivity contribution in [2.45, 2.75) is 72.7 Å². The molecule has 0 spiro atoms. The Labute approximate surface area is 195 Å². The van der Waals surface area contributed by atoms with Crippen LogP contribution in [0.5, 0.6) is 0 Å².